The summed E-state index contributed by atoms with van der Waals surface area (Å²) < 4.78 is 5.38. The lowest BCUT2D eigenvalue weighted by atomic mass is 9.88. The fourth-order valence-corrected chi connectivity index (χ4v) is 4.32. The van der Waals surface area contributed by atoms with Crippen LogP contribution in [-0.2, 0) is 14.3 Å². The van der Waals surface area contributed by atoms with Crippen LogP contribution in [0, 0.1) is 13.8 Å². The fraction of sp³-hybridized carbons (Fsp3) is 0.679. The Morgan fingerprint density at radius 3 is 2.08 bits per heavy atom. The van der Waals surface area contributed by atoms with E-state index >= 15 is 0 Å². The van der Waals surface area contributed by atoms with Crippen molar-refractivity contribution < 1.29 is 19.1 Å². The summed E-state index contributed by atoms with van der Waals surface area (Å²) in [4.78, 5) is 42.1. The summed E-state index contributed by atoms with van der Waals surface area (Å²) in [6, 6.07) is 4.03. The third-order valence-electron chi connectivity index (χ3n) is 6.33. The fourth-order valence-electron chi connectivity index (χ4n) is 4.07. The standard InChI is InChI=1S/C28H47N3O4S/c1-10-12-13-17-29-24(32)23(22-19(3)15-14-16-20(22)4)31(28(8,9)11-2)25(33)21(18-36)30-26(34)35-27(5,6)7/h14-16,21,23,36H,10-13,17-18H2,1-9H3,(H,29,32)(H,30,34). The minimum atomic E-state index is -0.964. The molecule has 0 aliphatic rings. The summed E-state index contributed by atoms with van der Waals surface area (Å²) in [5.74, 6) is -0.543. The van der Waals surface area contributed by atoms with Crippen LogP contribution < -0.4 is 10.6 Å². The van der Waals surface area contributed by atoms with Crippen LogP contribution in [0.3, 0.4) is 0 Å². The largest absolute Gasteiger partial charge is 0.444 e. The van der Waals surface area contributed by atoms with E-state index < -0.39 is 29.3 Å². The highest BCUT2D eigenvalue weighted by molar-refractivity contribution is 7.80. The zero-order chi connectivity index (χ0) is 27.7. The Balaban J connectivity index is 3.57. The van der Waals surface area contributed by atoms with E-state index in [1.807, 2.05) is 52.8 Å². The van der Waals surface area contributed by atoms with E-state index in [4.69, 9.17) is 4.74 Å². The number of amides is 3. The summed E-state index contributed by atoms with van der Waals surface area (Å²) in [5.41, 5.74) is 1.26. The Kier molecular flexibility index (Phi) is 12.3. The number of carbonyl (C=O) groups excluding carboxylic acids is 3. The number of aryl methyl sites for hydroxylation is 2. The van der Waals surface area contributed by atoms with Crippen LogP contribution in [0.1, 0.15) is 96.9 Å². The van der Waals surface area contributed by atoms with E-state index in [-0.39, 0.29) is 17.6 Å². The van der Waals surface area contributed by atoms with E-state index in [2.05, 4.69) is 30.2 Å². The molecular formula is C28H47N3O4S. The molecule has 0 saturated heterocycles. The highest BCUT2D eigenvalue weighted by Gasteiger charge is 2.43. The van der Waals surface area contributed by atoms with Gasteiger partial charge in [-0.2, -0.15) is 12.6 Å². The average molecular weight is 522 g/mol. The molecule has 0 spiro atoms. The van der Waals surface area contributed by atoms with Gasteiger partial charge in [-0.15, -0.1) is 0 Å². The number of nitrogens with one attached hydrogen (secondary N) is 2. The maximum atomic E-state index is 14.1. The molecule has 7 nitrogen and oxygen atoms in total. The lowest BCUT2D eigenvalue weighted by molar-refractivity contribution is -0.148. The Hall–Kier alpha value is -2.22. The number of hydrogen-bond acceptors (Lipinski definition) is 5. The van der Waals surface area contributed by atoms with Gasteiger partial charge in [-0.25, -0.2) is 4.79 Å². The topological polar surface area (TPSA) is 87.7 Å². The minimum Gasteiger partial charge on any atom is -0.444 e. The van der Waals surface area contributed by atoms with Crippen LogP contribution in [0.5, 0.6) is 0 Å². The molecule has 204 valence electrons. The van der Waals surface area contributed by atoms with Crippen LogP contribution in [0.25, 0.3) is 0 Å². The number of ether oxygens (including phenoxy) is 1. The molecule has 0 heterocycles. The van der Waals surface area contributed by atoms with Crippen molar-refractivity contribution in [2.45, 2.75) is 111 Å². The Morgan fingerprint density at radius 2 is 1.61 bits per heavy atom. The first-order valence-corrected chi connectivity index (χ1v) is 13.6. The number of benzene rings is 1. The lowest BCUT2D eigenvalue weighted by Gasteiger charge is -2.45. The molecule has 8 heteroatoms. The normalized spacial score (nSPS) is 13.5. The molecule has 2 atom stereocenters. The van der Waals surface area contributed by atoms with Crippen LogP contribution in [0.2, 0.25) is 0 Å². The third-order valence-corrected chi connectivity index (χ3v) is 6.69. The van der Waals surface area contributed by atoms with Gasteiger partial charge in [-0.3, -0.25) is 9.59 Å². The molecule has 0 fully saturated rings. The summed E-state index contributed by atoms with van der Waals surface area (Å²) in [5, 5.41) is 5.74. The number of rotatable bonds is 12. The number of unbranched alkanes of at least 4 members (excludes halogenated alkanes) is 2. The molecule has 0 aromatic heterocycles. The average Bonchev–Trinajstić information content (AvgIpc) is 2.77. The van der Waals surface area contributed by atoms with Crippen LogP contribution in [-0.4, -0.2) is 52.3 Å². The zero-order valence-corrected chi connectivity index (χ0v) is 24.6. The molecule has 2 N–H and O–H groups in total. The van der Waals surface area contributed by atoms with Gasteiger partial charge in [0.2, 0.25) is 11.8 Å². The second-order valence-electron chi connectivity index (χ2n) is 11.0. The lowest BCUT2D eigenvalue weighted by Crippen LogP contribution is -2.60. The molecule has 0 radical (unpaired) electrons. The van der Waals surface area contributed by atoms with Crippen LogP contribution >= 0.6 is 12.6 Å². The molecule has 1 aromatic rings. The van der Waals surface area contributed by atoms with E-state index in [0.717, 1.165) is 36.0 Å². The Morgan fingerprint density at radius 1 is 1.03 bits per heavy atom. The number of nitrogens with zero attached hydrogens (tertiary/aromatic N) is 1. The molecule has 2 unspecified atom stereocenters. The molecule has 1 aromatic carbocycles. The number of alkyl carbamates (subject to hydrolysis) is 1. The monoisotopic (exact) mass is 521 g/mol. The minimum absolute atomic E-state index is 0.0615. The quantitative estimate of drug-likeness (QED) is 0.251. The van der Waals surface area contributed by atoms with Crippen molar-refractivity contribution in [1.29, 1.82) is 0 Å². The van der Waals surface area contributed by atoms with Gasteiger partial charge in [0.15, 0.2) is 0 Å². The van der Waals surface area contributed by atoms with Crippen molar-refractivity contribution in [3.05, 3.63) is 34.9 Å². The first kappa shape index (κ1) is 31.8. The molecule has 3 amide bonds. The van der Waals surface area contributed by atoms with Crippen LogP contribution in [0.15, 0.2) is 18.2 Å². The molecule has 36 heavy (non-hydrogen) atoms. The Labute approximate surface area is 223 Å². The summed E-state index contributed by atoms with van der Waals surface area (Å²) >= 11 is 4.37. The highest BCUT2D eigenvalue weighted by Crippen LogP contribution is 2.35. The maximum absolute atomic E-state index is 14.1. The van der Waals surface area contributed by atoms with Crippen molar-refractivity contribution in [3.8, 4) is 0 Å². The molecule has 0 aliphatic heterocycles. The molecule has 1 rings (SSSR count). The van der Waals surface area contributed by atoms with Gasteiger partial charge in [-0.05, 0) is 78.0 Å². The first-order chi connectivity index (χ1) is 16.7. The van der Waals surface area contributed by atoms with Crippen molar-refractivity contribution in [2.24, 2.45) is 0 Å². The summed E-state index contributed by atoms with van der Waals surface area (Å²) in [6.07, 6.45) is 2.83. The van der Waals surface area contributed by atoms with Gasteiger partial charge in [-0.1, -0.05) is 44.9 Å². The first-order valence-electron chi connectivity index (χ1n) is 13.0. The summed E-state index contributed by atoms with van der Waals surface area (Å²) in [6.45, 7) is 17.7. The van der Waals surface area contributed by atoms with Crippen molar-refractivity contribution >= 4 is 30.5 Å². The zero-order valence-electron chi connectivity index (χ0n) is 23.7. The molecular weight excluding hydrogens is 474 g/mol. The van der Waals surface area contributed by atoms with Crippen molar-refractivity contribution in [1.82, 2.24) is 15.5 Å². The molecule has 0 aliphatic carbocycles. The number of carbonyl (C=O) groups is 3. The van der Waals surface area contributed by atoms with Gasteiger partial charge in [0.05, 0.1) is 0 Å². The van der Waals surface area contributed by atoms with Gasteiger partial charge in [0.25, 0.3) is 0 Å². The molecule has 0 bridgehead atoms. The predicted octanol–water partition coefficient (Wildman–Crippen LogP) is 5.49. The number of hydrogen-bond donors (Lipinski definition) is 3. The predicted molar refractivity (Wildman–Crippen MR) is 149 cm³/mol. The second-order valence-corrected chi connectivity index (χ2v) is 11.3. The van der Waals surface area contributed by atoms with E-state index in [1.54, 1.807) is 25.7 Å². The van der Waals surface area contributed by atoms with Crippen molar-refractivity contribution in [3.63, 3.8) is 0 Å². The second kappa shape index (κ2) is 13.9. The van der Waals surface area contributed by atoms with Crippen LogP contribution in [0.4, 0.5) is 4.79 Å². The smallest absolute Gasteiger partial charge is 0.408 e. The van der Waals surface area contributed by atoms with Crippen molar-refractivity contribution in [2.75, 3.05) is 12.3 Å². The highest BCUT2D eigenvalue weighted by atomic mass is 32.1. The van der Waals surface area contributed by atoms with E-state index in [0.29, 0.717) is 13.0 Å². The van der Waals surface area contributed by atoms with E-state index in [1.165, 1.54) is 0 Å². The molecule has 0 saturated carbocycles. The SMILES string of the molecule is CCCCCNC(=O)C(c1c(C)cccc1C)N(C(=O)C(CS)NC(=O)OC(C)(C)C)C(C)(C)CC. The third kappa shape index (κ3) is 9.02. The number of thiol groups is 1. The maximum Gasteiger partial charge on any atom is 0.408 e. The summed E-state index contributed by atoms with van der Waals surface area (Å²) in [7, 11) is 0. The van der Waals surface area contributed by atoms with Gasteiger partial charge in [0.1, 0.15) is 17.7 Å². The van der Waals surface area contributed by atoms with E-state index in [9.17, 15) is 14.4 Å². The van der Waals surface area contributed by atoms with Gasteiger partial charge < -0.3 is 20.3 Å². The van der Waals surface area contributed by atoms with Gasteiger partial charge >= 0.3 is 6.09 Å². The Bertz CT molecular complexity index is 875. The van der Waals surface area contributed by atoms with Gasteiger partial charge in [0, 0.05) is 17.8 Å².